The number of carbonyl (C=O) groups excluding carboxylic acids is 1. The molecule has 0 aliphatic heterocycles. The van der Waals surface area contributed by atoms with Gasteiger partial charge in [0, 0.05) is 11.0 Å². The van der Waals surface area contributed by atoms with Gasteiger partial charge in [0.2, 0.25) is 0 Å². The molecule has 0 aromatic heterocycles. The molecule has 0 aliphatic rings. The largest absolute Gasteiger partial charge is 0.480 e. The van der Waals surface area contributed by atoms with E-state index >= 15 is 0 Å². The first-order valence-corrected chi connectivity index (χ1v) is 8.07. The number of amides is 1. The molecule has 0 saturated carbocycles. The number of carbonyl (C=O) groups is 1. The summed E-state index contributed by atoms with van der Waals surface area (Å²) in [5.74, 6) is 1.09. The summed E-state index contributed by atoms with van der Waals surface area (Å²) in [6, 6.07) is 3.97. The van der Waals surface area contributed by atoms with Crippen LogP contribution in [0.5, 0.6) is 5.75 Å². The number of hydrogen-bond acceptors (Lipinski definition) is 3. The van der Waals surface area contributed by atoms with Gasteiger partial charge in [-0.15, -0.1) is 0 Å². The highest BCUT2D eigenvalue weighted by molar-refractivity contribution is 9.10. The van der Waals surface area contributed by atoms with Gasteiger partial charge in [-0.1, -0.05) is 29.8 Å². The molecule has 1 rings (SSSR count). The minimum atomic E-state index is -0.528. The Balaban J connectivity index is 2.83. The second-order valence-corrected chi connectivity index (χ2v) is 6.56. The van der Waals surface area contributed by atoms with E-state index in [9.17, 15) is 4.79 Å². The zero-order chi connectivity index (χ0) is 16.0. The van der Waals surface area contributed by atoms with Crippen LogP contribution in [0.1, 0.15) is 31.9 Å². The van der Waals surface area contributed by atoms with Crippen molar-refractivity contribution in [3.63, 3.8) is 0 Å². The number of rotatable bonds is 7. The van der Waals surface area contributed by atoms with Crippen LogP contribution >= 0.6 is 15.9 Å². The van der Waals surface area contributed by atoms with Crippen molar-refractivity contribution in [2.75, 3.05) is 13.1 Å². The summed E-state index contributed by atoms with van der Waals surface area (Å²) in [5.41, 5.74) is 7.67. The molecule has 1 amide bonds. The summed E-state index contributed by atoms with van der Waals surface area (Å²) >= 11 is 3.48. The summed E-state index contributed by atoms with van der Waals surface area (Å²) in [6.07, 6.45) is 0.191. The molecule has 0 spiro atoms. The van der Waals surface area contributed by atoms with E-state index in [4.69, 9.17) is 10.5 Å². The lowest BCUT2D eigenvalue weighted by Crippen LogP contribution is -2.38. The Labute approximate surface area is 135 Å². The maximum atomic E-state index is 12.0. The Morgan fingerprint density at radius 2 is 2.05 bits per heavy atom. The average molecular weight is 357 g/mol. The summed E-state index contributed by atoms with van der Waals surface area (Å²) in [5, 5.41) is 2.89. The van der Waals surface area contributed by atoms with Gasteiger partial charge < -0.3 is 15.8 Å². The second kappa shape index (κ2) is 8.39. The minimum Gasteiger partial charge on any atom is -0.480 e. The van der Waals surface area contributed by atoms with Crippen LogP contribution in [0.2, 0.25) is 0 Å². The molecule has 5 heteroatoms. The Morgan fingerprint density at radius 1 is 1.38 bits per heavy atom. The molecule has 0 bridgehead atoms. The molecule has 0 fully saturated rings. The van der Waals surface area contributed by atoms with Crippen LogP contribution in [0.3, 0.4) is 0 Å². The lowest BCUT2D eigenvalue weighted by molar-refractivity contribution is -0.127. The molecule has 3 N–H and O–H groups in total. The minimum absolute atomic E-state index is 0.0929. The van der Waals surface area contributed by atoms with Crippen molar-refractivity contribution in [2.45, 2.75) is 40.2 Å². The first-order valence-electron chi connectivity index (χ1n) is 7.28. The maximum Gasteiger partial charge on any atom is 0.260 e. The van der Waals surface area contributed by atoms with E-state index in [1.807, 2.05) is 19.1 Å². The van der Waals surface area contributed by atoms with E-state index in [0.29, 0.717) is 19.0 Å². The third-order valence-corrected chi connectivity index (χ3v) is 3.54. The van der Waals surface area contributed by atoms with Crippen molar-refractivity contribution in [1.82, 2.24) is 5.32 Å². The summed E-state index contributed by atoms with van der Waals surface area (Å²) < 4.78 is 6.88. The number of aryl methyl sites for hydroxylation is 1. The van der Waals surface area contributed by atoms with Gasteiger partial charge >= 0.3 is 0 Å². The molecule has 118 valence electrons. The summed E-state index contributed by atoms with van der Waals surface area (Å²) in [6.45, 7) is 9.05. The smallest absolute Gasteiger partial charge is 0.260 e. The lowest BCUT2D eigenvalue weighted by Gasteiger charge is -2.20. The predicted octanol–water partition coefficient (Wildman–Crippen LogP) is 2.80. The molecule has 21 heavy (non-hydrogen) atoms. The highest BCUT2D eigenvalue weighted by atomic mass is 79.9. The number of halogens is 1. The van der Waals surface area contributed by atoms with E-state index < -0.39 is 6.10 Å². The fraction of sp³-hybridized carbons (Fsp3) is 0.562. The molecular weight excluding hydrogens is 332 g/mol. The van der Waals surface area contributed by atoms with Gasteiger partial charge in [-0.2, -0.15) is 0 Å². The van der Waals surface area contributed by atoms with Crippen LogP contribution < -0.4 is 15.8 Å². The molecule has 4 nitrogen and oxygen atoms in total. The van der Waals surface area contributed by atoms with Crippen molar-refractivity contribution in [3.05, 3.63) is 27.7 Å². The van der Waals surface area contributed by atoms with Crippen LogP contribution in [0.25, 0.3) is 0 Å². The monoisotopic (exact) mass is 356 g/mol. The van der Waals surface area contributed by atoms with Crippen molar-refractivity contribution in [2.24, 2.45) is 11.7 Å². The van der Waals surface area contributed by atoms with Crippen LogP contribution in [-0.4, -0.2) is 25.1 Å². The van der Waals surface area contributed by atoms with E-state index in [-0.39, 0.29) is 5.91 Å². The van der Waals surface area contributed by atoms with Gasteiger partial charge in [0.15, 0.2) is 6.10 Å². The molecule has 0 heterocycles. The van der Waals surface area contributed by atoms with Crippen molar-refractivity contribution < 1.29 is 9.53 Å². The highest BCUT2D eigenvalue weighted by Gasteiger charge is 2.18. The number of benzene rings is 1. The van der Waals surface area contributed by atoms with E-state index in [1.54, 1.807) is 6.92 Å². The number of nitrogens with one attached hydrogen (secondary N) is 1. The number of nitrogens with two attached hydrogens (primary N) is 1. The zero-order valence-corrected chi connectivity index (χ0v) is 14.8. The predicted molar refractivity (Wildman–Crippen MR) is 89.6 cm³/mol. The van der Waals surface area contributed by atoms with Gasteiger partial charge in [-0.3, -0.25) is 4.79 Å². The SMILES string of the molecule is Cc1cc(Br)cc(CCN)c1OC(C)C(=O)NCC(C)C. The number of ether oxygens (including phenoxy) is 1. The normalized spacial score (nSPS) is 12.3. The Bertz CT molecular complexity index is 489. The number of hydrogen-bond donors (Lipinski definition) is 2. The van der Waals surface area contributed by atoms with Gasteiger partial charge in [0.1, 0.15) is 5.75 Å². The molecule has 0 radical (unpaired) electrons. The lowest BCUT2D eigenvalue weighted by atomic mass is 10.1. The molecule has 1 atom stereocenters. The Hall–Kier alpha value is -1.07. The van der Waals surface area contributed by atoms with Gasteiger partial charge in [0.25, 0.3) is 5.91 Å². The van der Waals surface area contributed by atoms with Gasteiger partial charge in [0.05, 0.1) is 0 Å². The van der Waals surface area contributed by atoms with Crippen LogP contribution in [0.4, 0.5) is 0 Å². The fourth-order valence-electron chi connectivity index (χ4n) is 1.99. The van der Waals surface area contributed by atoms with Crippen LogP contribution in [0, 0.1) is 12.8 Å². The topological polar surface area (TPSA) is 64.3 Å². The van der Waals surface area contributed by atoms with Crippen LogP contribution in [0.15, 0.2) is 16.6 Å². The Kier molecular flexibility index (Phi) is 7.18. The third kappa shape index (κ3) is 5.67. The molecule has 1 unspecified atom stereocenters. The van der Waals surface area contributed by atoms with Crippen molar-refractivity contribution in [1.29, 1.82) is 0 Å². The van der Waals surface area contributed by atoms with Crippen LogP contribution in [-0.2, 0) is 11.2 Å². The summed E-state index contributed by atoms with van der Waals surface area (Å²) in [4.78, 5) is 12.0. The quantitative estimate of drug-likeness (QED) is 0.789. The first kappa shape index (κ1) is 18.0. The molecule has 1 aromatic carbocycles. The zero-order valence-electron chi connectivity index (χ0n) is 13.2. The first-order chi connectivity index (χ1) is 9.85. The highest BCUT2D eigenvalue weighted by Crippen LogP contribution is 2.29. The van der Waals surface area contributed by atoms with Gasteiger partial charge in [-0.05, 0) is 56.0 Å². The molecule has 0 aliphatic carbocycles. The van der Waals surface area contributed by atoms with E-state index in [1.165, 1.54) is 0 Å². The van der Waals surface area contributed by atoms with E-state index in [2.05, 4.69) is 35.1 Å². The van der Waals surface area contributed by atoms with Crippen molar-refractivity contribution in [3.8, 4) is 5.75 Å². The Morgan fingerprint density at radius 3 is 2.62 bits per heavy atom. The van der Waals surface area contributed by atoms with Crippen molar-refractivity contribution >= 4 is 21.8 Å². The average Bonchev–Trinajstić information content (AvgIpc) is 2.39. The summed E-state index contributed by atoms with van der Waals surface area (Å²) in [7, 11) is 0. The van der Waals surface area contributed by atoms with E-state index in [0.717, 1.165) is 27.8 Å². The van der Waals surface area contributed by atoms with Gasteiger partial charge in [-0.25, -0.2) is 0 Å². The second-order valence-electron chi connectivity index (χ2n) is 5.65. The standard InChI is InChI=1S/C16H25BrN2O2/c1-10(2)9-19-16(20)12(4)21-15-11(3)7-14(17)8-13(15)5-6-18/h7-8,10,12H,5-6,9,18H2,1-4H3,(H,19,20). The maximum absolute atomic E-state index is 12.0. The molecular formula is C16H25BrN2O2. The molecule has 0 saturated heterocycles. The molecule has 1 aromatic rings. The fourth-order valence-corrected chi connectivity index (χ4v) is 2.61. The third-order valence-electron chi connectivity index (χ3n) is 3.08.